The van der Waals surface area contributed by atoms with E-state index in [0.29, 0.717) is 29.7 Å². The van der Waals surface area contributed by atoms with Crippen molar-refractivity contribution in [3.63, 3.8) is 0 Å². The van der Waals surface area contributed by atoms with Crippen molar-refractivity contribution in [3.8, 4) is 11.8 Å². The number of amides is 1. The van der Waals surface area contributed by atoms with Gasteiger partial charge in [-0.25, -0.2) is 0 Å². The second-order valence-corrected chi connectivity index (χ2v) is 5.60. The van der Waals surface area contributed by atoms with Gasteiger partial charge in [0, 0.05) is 12.1 Å². The van der Waals surface area contributed by atoms with E-state index in [0.717, 1.165) is 0 Å². The maximum absolute atomic E-state index is 12.4. The molecule has 2 aromatic rings. The predicted octanol–water partition coefficient (Wildman–Crippen LogP) is 4.32. The number of carbonyl (C=O) groups excluding carboxylic acids is 1. The largest absolute Gasteiger partial charge is 0.573 e. The molecule has 7 heteroatoms. The molecule has 0 aromatic heterocycles. The molecule has 4 nitrogen and oxygen atoms in total. The van der Waals surface area contributed by atoms with Crippen LogP contribution in [0.5, 0.6) is 5.75 Å². The number of hydrogen-bond acceptors (Lipinski definition) is 3. The predicted molar refractivity (Wildman–Crippen MR) is 83.7 cm³/mol. The molecule has 0 spiro atoms. The highest BCUT2D eigenvalue weighted by Gasteiger charge is 2.35. The quantitative estimate of drug-likeness (QED) is 0.831. The third-order valence-corrected chi connectivity index (χ3v) is 3.96. The summed E-state index contributed by atoms with van der Waals surface area (Å²) in [7, 11) is 0. The maximum atomic E-state index is 12.4. The van der Waals surface area contributed by atoms with Gasteiger partial charge in [0.2, 0.25) is 5.91 Å². The van der Waals surface area contributed by atoms with Gasteiger partial charge in [-0.1, -0.05) is 12.1 Å². The van der Waals surface area contributed by atoms with Gasteiger partial charge in [-0.15, -0.1) is 13.2 Å². The van der Waals surface area contributed by atoms with Gasteiger partial charge in [0.25, 0.3) is 0 Å². The second kappa shape index (κ2) is 6.48. The van der Waals surface area contributed by atoms with Crippen LogP contribution in [0.2, 0.25) is 0 Å². The first-order valence-corrected chi connectivity index (χ1v) is 7.55. The van der Waals surface area contributed by atoms with Gasteiger partial charge in [0.1, 0.15) is 5.75 Å². The summed E-state index contributed by atoms with van der Waals surface area (Å²) in [6.45, 7) is 0. The van der Waals surface area contributed by atoms with Crippen LogP contribution in [0.4, 0.5) is 18.9 Å². The molecular weight excluding hydrogens is 333 g/mol. The van der Waals surface area contributed by atoms with Crippen molar-refractivity contribution in [2.24, 2.45) is 0 Å². The van der Waals surface area contributed by atoms with E-state index in [1.807, 2.05) is 6.07 Å². The lowest BCUT2D eigenvalue weighted by Gasteiger charge is -2.25. The first-order chi connectivity index (χ1) is 11.9. The zero-order valence-electron chi connectivity index (χ0n) is 13.0. The summed E-state index contributed by atoms with van der Waals surface area (Å²) in [6.07, 6.45) is -3.97. The Morgan fingerprint density at radius 3 is 2.52 bits per heavy atom. The van der Waals surface area contributed by atoms with Crippen LogP contribution >= 0.6 is 0 Å². The molecule has 1 aliphatic rings. The Hall–Kier alpha value is -3.01. The summed E-state index contributed by atoms with van der Waals surface area (Å²) >= 11 is 0. The number of halogens is 3. The Labute approximate surface area is 142 Å². The molecule has 0 saturated carbocycles. The molecule has 1 amide bonds. The number of nitrogens with zero attached hydrogens (tertiary/aromatic N) is 2. The van der Waals surface area contributed by atoms with Crippen molar-refractivity contribution in [2.75, 3.05) is 4.90 Å². The third-order valence-electron chi connectivity index (χ3n) is 3.96. The lowest BCUT2D eigenvalue weighted by atomic mass is 10.0. The first-order valence-electron chi connectivity index (χ1n) is 7.55. The number of rotatable bonds is 3. The highest BCUT2D eigenvalue weighted by Crippen LogP contribution is 2.38. The van der Waals surface area contributed by atoms with Crippen molar-refractivity contribution >= 4 is 11.6 Å². The fourth-order valence-corrected chi connectivity index (χ4v) is 2.94. The van der Waals surface area contributed by atoms with Crippen LogP contribution in [0.3, 0.4) is 0 Å². The van der Waals surface area contributed by atoms with Gasteiger partial charge in [-0.2, -0.15) is 5.26 Å². The average Bonchev–Trinajstić information content (AvgIpc) is 2.95. The van der Waals surface area contributed by atoms with Gasteiger partial charge in [-0.3, -0.25) is 4.79 Å². The summed E-state index contributed by atoms with van der Waals surface area (Å²) in [5.74, 6) is -0.430. The Morgan fingerprint density at radius 2 is 1.88 bits per heavy atom. The minimum atomic E-state index is -4.77. The summed E-state index contributed by atoms with van der Waals surface area (Å²) in [4.78, 5) is 13.8. The van der Waals surface area contributed by atoms with Gasteiger partial charge in [-0.05, 0) is 48.4 Å². The van der Waals surface area contributed by atoms with Crippen molar-refractivity contribution < 1.29 is 22.7 Å². The van der Waals surface area contributed by atoms with E-state index in [1.54, 1.807) is 35.2 Å². The highest BCUT2D eigenvalue weighted by molar-refractivity contribution is 5.96. The minimum absolute atomic E-state index is 0.114. The van der Waals surface area contributed by atoms with Gasteiger partial charge in [0.15, 0.2) is 0 Å². The van der Waals surface area contributed by atoms with Crippen LogP contribution in [-0.2, 0) is 4.79 Å². The summed E-state index contributed by atoms with van der Waals surface area (Å²) in [5.41, 5.74) is 1.64. The maximum Gasteiger partial charge on any atom is 0.573 e. The normalized spacial score (nSPS) is 17.4. The van der Waals surface area contributed by atoms with Gasteiger partial charge >= 0.3 is 6.36 Å². The first kappa shape index (κ1) is 16.8. The van der Waals surface area contributed by atoms with Crippen molar-refractivity contribution in [1.29, 1.82) is 5.26 Å². The molecule has 1 atom stereocenters. The molecule has 2 aromatic carbocycles. The minimum Gasteiger partial charge on any atom is -0.406 e. The smallest absolute Gasteiger partial charge is 0.406 e. The SMILES string of the molecule is N#Cc1ccc(N2C(=O)CC[C@@H]2c2cccc(OC(F)(F)F)c2)cc1. The van der Waals surface area contributed by atoms with Crippen LogP contribution in [0.25, 0.3) is 0 Å². The van der Waals surface area contributed by atoms with Crippen LogP contribution < -0.4 is 9.64 Å². The summed E-state index contributed by atoms with van der Waals surface area (Å²) in [5, 5.41) is 8.86. The third kappa shape index (κ3) is 3.74. The molecule has 0 unspecified atom stereocenters. The van der Waals surface area contributed by atoms with Crippen LogP contribution in [0.1, 0.15) is 30.0 Å². The molecular formula is C18H13F3N2O2. The number of carbonyl (C=O) groups is 1. The fourth-order valence-electron chi connectivity index (χ4n) is 2.94. The Morgan fingerprint density at radius 1 is 1.16 bits per heavy atom. The Kier molecular flexibility index (Phi) is 4.36. The van der Waals surface area contributed by atoms with E-state index >= 15 is 0 Å². The molecule has 1 fully saturated rings. The molecule has 0 radical (unpaired) electrons. The number of nitriles is 1. The molecule has 25 heavy (non-hydrogen) atoms. The van der Waals surface area contributed by atoms with E-state index in [2.05, 4.69) is 4.74 Å². The molecule has 3 rings (SSSR count). The second-order valence-electron chi connectivity index (χ2n) is 5.60. The zero-order valence-corrected chi connectivity index (χ0v) is 13.0. The molecule has 0 N–H and O–H groups in total. The molecule has 0 bridgehead atoms. The molecule has 0 aliphatic carbocycles. The number of hydrogen-bond donors (Lipinski definition) is 0. The number of ether oxygens (including phenoxy) is 1. The van der Waals surface area contributed by atoms with Crippen molar-refractivity contribution in [1.82, 2.24) is 0 Å². The zero-order chi connectivity index (χ0) is 18.0. The van der Waals surface area contributed by atoms with Gasteiger partial charge in [0.05, 0.1) is 17.7 Å². The molecule has 128 valence electrons. The van der Waals surface area contributed by atoms with Crippen LogP contribution in [0, 0.1) is 11.3 Å². The molecule has 1 saturated heterocycles. The number of alkyl halides is 3. The molecule has 1 aliphatic heterocycles. The van der Waals surface area contributed by atoms with Crippen molar-refractivity contribution in [2.45, 2.75) is 25.2 Å². The summed E-state index contributed by atoms with van der Waals surface area (Å²) < 4.78 is 41.2. The van der Waals surface area contributed by atoms with Crippen molar-refractivity contribution in [3.05, 3.63) is 59.7 Å². The van der Waals surface area contributed by atoms with E-state index in [1.165, 1.54) is 18.2 Å². The topological polar surface area (TPSA) is 53.3 Å². The Bertz CT molecular complexity index is 825. The van der Waals surface area contributed by atoms with Crippen LogP contribution in [0.15, 0.2) is 48.5 Å². The van der Waals surface area contributed by atoms with E-state index < -0.39 is 6.36 Å². The Balaban J connectivity index is 1.91. The fraction of sp³-hybridized carbons (Fsp3) is 0.222. The van der Waals surface area contributed by atoms with E-state index in [-0.39, 0.29) is 17.7 Å². The van der Waals surface area contributed by atoms with E-state index in [4.69, 9.17) is 5.26 Å². The number of benzene rings is 2. The van der Waals surface area contributed by atoms with Crippen LogP contribution in [-0.4, -0.2) is 12.3 Å². The summed E-state index contributed by atoms with van der Waals surface area (Å²) in [6, 6.07) is 13.8. The molecule has 1 heterocycles. The monoisotopic (exact) mass is 346 g/mol. The highest BCUT2D eigenvalue weighted by atomic mass is 19.4. The lowest BCUT2D eigenvalue weighted by Crippen LogP contribution is -2.27. The lowest BCUT2D eigenvalue weighted by molar-refractivity contribution is -0.274. The van der Waals surface area contributed by atoms with E-state index in [9.17, 15) is 18.0 Å². The standard InChI is InChI=1S/C18H13F3N2O2/c19-18(20,21)25-15-3-1-2-13(10-15)16-8-9-17(24)23(16)14-6-4-12(11-22)5-7-14/h1-7,10,16H,8-9H2/t16-/m1/s1. The number of anilines is 1. The average molecular weight is 346 g/mol. The van der Waals surface area contributed by atoms with Gasteiger partial charge < -0.3 is 9.64 Å².